The Morgan fingerprint density at radius 1 is 1.11 bits per heavy atom. The minimum atomic E-state index is -0.0436. The van der Waals surface area contributed by atoms with Crippen LogP contribution in [-0.2, 0) is 7.05 Å². The van der Waals surface area contributed by atoms with E-state index in [9.17, 15) is 0 Å². The molecule has 3 heterocycles. The van der Waals surface area contributed by atoms with Gasteiger partial charge in [-0.25, -0.2) is 0 Å². The van der Waals surface area contributed by atoms with E-state index in [0.29, 0.717) is 5.11 Å². The Morgan fingerprint density at radius 2 is 1.96 bits per heavy atom. The van der Waals surface area contributed by atoms with E-state index in [1.54, 1.807) is 7.11 Å². The molecule has 1 aliphatic heterocycles. The van der Waals surface area contributed by atoms with E-state index in [0.717, 1.165) is 17.1 Å². The highest BCUT2D eigenvalue weighted by Crippen LogP contribution is 2.42. The van der Waals surface area contributed by atoms with Gasteiger partial charge in [0.05, 0.1) is 18.8 Å². The highest BCUT2D eigenvalue weighted by molar-refractivity contribution is 7.80. The molecule has 0 unspecified atom stereocenters. The fourth-order valence-electron chi connectivity index (χ4n) is 3.62. The maximum atomic E-state index is 5.74. The minimum absolute atomic E-state index is 0.0155. The molecule has 2 aromatic heterocycles. The molecule has 1 saturated heterocycles. The van der Waals surface area contributed by atoms with E-state index in [4.69, 9.17) is 17.0 Å². The number of aromatic nitrogens is 2. The van der Waals surface area contributed by atoms with Gasteiger partial charge in [-0.15, -0.1) is 0 Å². The highest BCUT2D eigenvalue weighted by Gasteiger charge is 2.42. The number of aryl methyl sites for hydroxylation is 1. The van der Waals surface area contributed by atoms with Crippen LogP contribution in [0.2, 0.25) is 0 Å². The predicted molar refractivity (Wildman–Crippen MR) is 111 cm³/mol. The zero-order chi connectivity index (χ0) is 19.0. The van der Waals surface area contributed by atoms with Crippen LogP contribution in [0, 0.1) is 6.92 Å². The zero-order valence-corrected chi connectivity index (χ0v) is 16.4. The van der Waals surface area contributed by atoms with Crippen molar-refractivity contribution in [2.45, 2.75) is 19.0 Å². The van der Waals surface area contributed by atoms with Crippen molar-refractivity contribution in [3.8, 4) is 5.75 Å². The molecule has 1 aromatic carbocycles. The smallest absolute Gasteiger partial charge is 0.174 e. The number of pyridine rings is 1. The van der Waals surface area contributed by atoms with Gasteiger partial charge in [-0.05, 0) is 55.5 Å². The minimum Gasteiger partial charge on any atom is -0.497 e. The third-order valence-electron chi connectivity index (χ3n) is 5.14. The van der Waals surface area contributed by atoms with Crippen molar-refractivity contribution in [2.75, 3.05) is 12.0 Å². The van der Waals surface area contributed by atoms with E-state index in [1.165, 1.54) is 11.4 Å². The molecule has 1 N–H and O–H groups in total. The topological polar surface area (TPSA) is 42.3 Å². The summed E-state index contributed by atoms with van der Waals surface area (Å²) >= 11 is 5.74. The lowest BCUT2D eigenvalue weighted by molar-refractivity contribution is 0.414. The molecule has 2 atom stereocenters. The standard InChI is InChI=1S/C21H22N4OS/c1-14-10-11-18(24(14)2)20-19(17-9-4-5-12-22-17)23-21(27)25(20)15-7-6-8-16(13-15)26-3/h4-13,19-20H,1-3H3,(H,23,27)/t19-,20+/m0/s1. The van der Waals surface area contributed by atoms with Gasteiger partial charge in [0, 0.05) is 36.4 Å². The number of methoxy groups -OCH3 is 1. The van der Waals surface area contributed by atoms with Crippen molar-refractivity contribution < 1.29 is 4.74 Å². The van der Waals surface area contributed by atoms with Crippen LogP contribution >= 0.6 is 12.2 Å². The Labute approximate surface area is 164 Å². The maximum absolute atomic E-state index is 5.74. The molecule has 1 fully saturated rings. The first kappa shape index (κ1) is 17.5. The van der Waals surface area contributed by atoms with Crippen LogP contribution in [0.25, 0.3) is 0 Å². The van der Waals surface area contributed by atoms with Gasteiger partial charge >= 0.3 is 0 Å². The normalized spacial score (nSPS) is 19.2. The third-order valence-corrected chi connectivity index (χ3v) is 5.46. The van der Waals surface area contributed by atoms with E-state index >= 15 is 0 Å². The summed E-state index contributed by atoms with van der Waals surface area (Å²) < 4.78 is 7.63. The Hall–Kier alpha value is -2.86. The molecule has 0 radical (unpaired) electrons. The molecule has 138 valence electrons. The van der Waals surface area contributed by atoms with Gasteiger partial charge in [0.1, 0.15) is 11.8 Å². The first-order valence-electron chi connectivity index (χ1n) is 8.87. The molecular weight excluding hydrogens is 356 g/mol. The van der Waals surface area contributed by atoms with Gasteiger partial charge in [-0.2, -0.15) is 0 Å². The third kappa shape index (κ3) is 3.06. The number of rotatable bonds is 4. The SMILES string of the molecule is COc1cccc(N2C(=S)N[C@@H](c3ccccn3)[C@H]2c2ccc(C)n2C)c1. The summed E-state index contributed by atoms with van der Waals surface area (Å²) in [4.78, 5) is 6.75. The highest BCUT2D eigenvalue weighted by atomic mass is 32.1. The monoisotopic (exact) mass is 378 g/mol. The van der Waals surface area contributed by atoms with Crippen molar-refractivity contribution in [3.05, 3.63) is 77.9 Å². The summed E-state index contributed by atoms with van der Waals surface area (Å²) in [5.74, 6) is 0.804. The van der Waals surface area contributed by atoms with Crippen molar-refractivity contribution in [2.24, 2.45) is 7.05 Å². The summed E-state index contributed by atoms with van der Waals surface area (Å²) in [6, 6.07) is 18.2. The second-order valence-corrected chi connectivity index (χ2v) is 7.04. The van der Waals surface area contributed by atoms with Crippen LogP contribution < -0.4 is 15.0 Å². The quantitative estimate of drug-likeness (QED) is 0.697. The number of hydrogen-bond acceptors (Lipinski definition) is 3. The molecular formula is C21H22N4OS. The van der Waals surface area contributed by atoms with Crippen LogP contribution in [0.1, 0.15) is 29.2 Å². The Bertz CT molecular complexity index is 969. The van der Waals surface area contributed by atoms with Gasteiger partial charge < -0.3 is 19.5 Å². The first-order valence-corrected chi connectivity index (χ1v) is 9.28. The summed E-state index contributed by atoms with van der Waals surface area (Å²) in [6.45, 7) is 2.11. The molecule has 0 amide bonds. The lowest BCUT2D eigenvalue weighted by atomic mass is 10.0. The Kier molecular flexibility index (Phi) is 4.58. The summed E-state index contributed by atoms with van der Waals surface area (Å²) in [5.41, 5.74) is 4.34. The van der Waals surface area contributed by atoms with Gasteiger partial charge in [-0.3, -0.25) is 4.98 Å². The molecule has 0 aliphatic carbocycles. The first-order chi connectivity index (χ1) is 13.1. The predicted octanol–water partition coefficient (Wildman–Crippen LogP) is 3.91. The fraction of sp³-hybridized carbons (Fsp3) is 0.238. The maximum Gasteiger partial charge on any atom is 0.174 e. The Morgan fingerprint density at radius 3 is 2.63 bits per heavy atom. The molecule has 6 heteroatoms. The van der Waals surface area contributed by atoms with Crippen molar-refractivity contribution in [3.63, 3.8) is 0 Å². The number of ether oxygens (including phenoxy) is 1. The van der Waals surface area contributed by atoms with Gasteiger partial charge in [0.2, 0.25) is 0 Å². The number of nitrogens with one attached hydrogen (secondary N) is 1. The summed E-state index contributed by atoms with van der Waals surface area (Å²) in [6.07, 6.45) is 1.82. The number of hydrogen-bond donors (Lipinski definition) is 1. The van der Waals surface area contributed by atoms with Gasteiger partial charge in [-0.1, -0.05) is 12.1 Å². The number of thiocarbonyl (C=S) groups is 1. The second-order valence-electron chi connectivity index (χ2n) is 6.66. The van der Waals surface area contributed by atoms with E-state index in [1.807, 2.05) is 42.6 Å². The van der Waals surface area contributed by atoms with E-state index < -0.39 is 0 Å². The van der Waals surface area contributed by atoms with Gasteiger partial charge in [0.15, 0.2) is 5.11 Å². The molecule has 3 aromatic rings. The Balaban J connectivity index is 1.85. The van der Waals surface area contributed by atoms with Crippen molar-refractivity contribution in [1.29, 1.82) is 0 Å². The van der Waals surface area contributed by atoms with Crippen LogP contribution in [0.3, 0.4) is 0 Å². The molecule has 5 nitrogen and oxygen atoms in total. The van der Waals surface area contributed by atoms with Crippen molar-refractivity contribution in [1.82, 2.24) is 14.9 Å². The van der Waals surface area contributed by atoms with Crippen molar-refractivity contribution >= 4 is 23.0 Å². The van der Waals surface area contributed by atoms with Gasteiger partial charge in [0.25, 0.3) is 0 Å². The molecule has 1 aliphatic rings. The van der Waals surface area contributed by atoms with E-state index in [-0.39, 0.29) is 12.1 Å². The molecule has 0 saturated carbocycles. The average molecular weight is 379 g/mol. The van der Waals surface area contributed by atoms with Crippen LogP contribution in [0.5, 0.6) is 5.75 Å². The second kappa shape index (κ2) is 7.04. The lowest BCUT2D eigenvalue weighted by Crippen LogP contribution is -2.30. The number of nitrogens with zero attached hydrogens (tertiary/aromatic N) is 3. The fourth-order valence-corrected chi connectivity index (χ4v) is 3.97. The molecule has 27 heavy (non-hydrogen) atoms. The lowest BCUT2D eigenvalue weighted by Gasteiger charge is -2.28. The zero-order valence-electron chi connectivity index (χ0n) is 15.6. The number of benzene rings is 1. The summed E-state index contributed by atoms with van der Waals surface area (Å²) in [7, 11) is 3.76. The number of anilines is 1. The largest absolute Gasteiger partial charge is 0.497 e. The molecule has 4 rings (SSSR count). The average Bonchev–Trinajstić information content (AvgIpc) is 3.21. The molecule has 0 spiro atoms. The van der Waals surface area contributed by atoms with Crippen LogP contribution in [-0.4, -0.2) is 21.8 Å². The van der Waals surface area contributed by atoms with E-state index in [2.05, 4.69) is 51.9 Å². The van der Waals surface area contributed by atoms with Crippen LogP contribution in [0.4, 0.5) is 5.69 Å². The van der Waals surface area contributed by atoms with Crippen LogP contribution in [0.15, 0.2) is 60.8 Å². The molecule has 0 bridgehead atoms. The summed E-state index contributed by atoms with van der Waals surface area (Å²) in [5, 5.41) is 4.17.